The lowest BCUT2D eigenvalue weighted by Gasteiger charge is -2.50. The Morgan fingerprint density at radius 2 is 2.03 bits per heavy atom. The first-order valence-electron chi connectivity index (χ1n) is 9.25. The Labute approximate surface area is 186 Å². The summed E-state index contributed by atoms with van der Waals surface area (Å²) in [5.41, 5.74) is -3.40. The van der Waals surface area contributed by atoms with Crippen LogP contribution in [0, 0.1) is 5.82 Å². The number of nitrogens with one attached hydrogen (secondary N) is 2. The maximum absolute atomic E-state index is 16.1. The Balaban J connectivity index is 1.97. The van der Waals surface area contributed by atoms with Crippen LogP contribution in [-0.2, 0) is 10.3 Å². The number of halogens is 3. The van der Waals surface area contributed by atoms with Crippen molar-refractivity contribution in [2.24, 2.45) is 0 Å². The fourth-order valence-electron chi connectivity index (χ4n) is 3.64. The first-order chi connectivity index (χ1) is 14.2. The van der Waals surface area contributed by atoms with Crippen molar-refractivity contribution in [2.75, 3.05) is 13.2 Å². The van der Waals surface area contributed by atoms with E-state index >= 15 is 4.39 Å². The van der Waals surface area contributed by atoms with E-state index in [1.54, 1.807) is 37.3 Å². The van der Waals surface area contributed by atoms with Crippen LogP contribution in [0.2, 0.25) is 0 Å². The minimum atomic E-state index is -2.24. The maximum atomic E-state index is 16.1. The molecular weight excluding hydrogens is 478 g/mol. The molecule has 1 aliphatic heterocycles. The minimum absolute atomic E-state index is 0.153. The van der Waals surface area contributed by atoms with Crippen molar-refractivity contribution in [1.29, 1.82) is 0 Å². The number of ether oxygens (including phenoxy) is 1. The summed E-state index contributed by atoms with van der Waals surface area (Å²) in [7, 11) is 0. The molecule has 0 saturated carbocycles. The third kappa shape index (κ3) is 4.54. The molecule has 30 heavy (non-hydrogen) atoms. The number of alkyl halides is 1. The molecule has 2 aromatic carbocycles. The van der Waals surface area contributed by atoms with Gasteiger partial charge in [-0.15, -0.1) is 0 Å². The molecule has 3 rings (SSSR count). The maximum Gasteiger partial charge on any atom is 0.257 e. The Hall–Kier alpha value is -1.94. The first kappa shape index (κ1) is 22.7. The predicted molar refractivity (Wildman–Crippen MR) is 116 cm³/mol. The van der Waals surface area contributed by atoms with Gasteiger partial charge in [0.05, 0.1) is 19.3 Å². The highest BCUT2D eigenvalue weighted by atomic mass is 79.9. The summed E-state index contributed by atoms with van der Waals surface area (Å²) in [5, 5.41) is 15.1. The topological polar surface area (TPSA) is 70.6 Å². The van der Waals surface area contributed by atoms with Gasteiger partial charge in [0.1, 0.15) is 11.4 Å². The monoisotopic (exact) mass is 498 g/mol. The van der Waals surface area contributed by atoms with Crippen molar-refractivity contribution in [2.45, 2.75) is 30.7 Å². The number of benzene rings is 2. The summed E-state index contributed by atoms with van der Waals surface area (Å²) in [5.74, 6) is -1.08. The van der Waals surface area contributed by atoms with Crippen LogP contribution < -0.4 is 10.6 Å². The lowest BCUT2D eigenvalue weighted by atomic mass is 9.72. The van der Waals surface area contributed by atoms with Gasteiger partial charge in [-0.3, -0.25) is 10.1 Å². The molecule has 1 amide bonds. The molecule has 160 valence electrons. The number of aliphatic hydroxyl groups is 1. The fourth-order valence-corrected chi connectivity index (χ4v) is 4.37. The van der Waals surface area contributed by atoms with Gasteiger partial charge in [-0.1, -0.05) is 34.1 Å². The number of thiocarbonyl (C=S) groups is 1. The number of amides is 1. The van der Waals surface area contributed by atoms with E-state index in [2.05, 4.69) is 26.6 Å². The van der Waals surface area contributed by atoms with Crippen molar-refractivity contribution < 1.29 is 23.4 Å². The van der Waals surface area contributed by atoms with E-state index in [4.69, 9.17) is 17.0 Å². The average molecular weight is 499 g/mol. The van der Waals surface area contributed by atoms with Crippen LogP contribution in [0.25, 0.3) is 0 Å². The number of carbonyl (C=O) groups is 1. The zero-order chi connectivity index (χ0) is 21.9. The molecule has 1 saturated heterocycles. The summed E-state index contributed by atoms with van der Waals surface area (Å²) < 4.78 is 36.4. The van der Waals surface area contributed by atoms with Crippen LogP contribution in [0.1, 0.15) is 29.3 Å². The van der Waals surface area contributed by atoms with E-state index in [0.29, 0.717) is 10.0 Å². The van der Waals surface area contributed by atoms with Gasteiger partial charge >= 0.3 is 0 Å². The Morgan fingerprint density at radius 1 is 1.33 bits per heavy atom. The van der Waals surface area contributed by atoms with Crippen LogP contribution in [0.5, 0.6) is 0 Å². The fraction of sp³-hybridized carbons (Fsp3) is 0.333. The minimum Gasteiger partial charge on any atom is -0.393 e. The van der Waals surface area contributed by atoms with Crippen LogP contribution in [0.3, 0.4) is 0 Å². The Morgan fingerprint density at radius 3 is 2.67 bits per heavy atom. The van der Waals surface area contributed by atoms with E-state index in [-0.39, 0.29) is 23.7 Å². The van der Waals surface area contributed by atoms with Gasteiger partial charge in [0.2, 0.25) is 0 Å². The van der Waals surface area contributed by atoms with Gasteiger partial charge in [-0.05, 0) is 55.0 Å². The third-order valence-corrected chi connectivity index (χ3v) is 5.82. The molecule has 5 nitrogen and oxygen atoms in total. The zero-order valence-electron chi connectivity index (χ0n) is 16.1. The van der Waals surface area contributed by atoms with E-state index in [1.807, 2.05) is 0 Å². The number of hydrogen-bond acceptors (Lipinski definition) is 4. The Bertz CT molecular complexity index is 929. The standard InChI is InChI=1S/C21H21BrF2N2O3S/c1-13-10-20(24,11-27)21(12-29-13,15-7-16(22)9-17(23)8-15)26-19(30)25-18(28)14-5-3-2-4-6-14/h2-9,13,27H,10-12H2,1H3,(H2,25,26,28,30)/t13-,20+,21+/m0/s1. The second-order valence-electron chi connectivity index (χ2n) is 7.29. The smallest absolute Gasteiger partial charge is 0.257 e. The predicted octanol–water partition coefficient (Wildman–Crippen LogP) is 3.60. The molecule has 0 spiro atoms. The highest BCUT2D eigenvalue weighted by Gasteiger charge is 2.58. The number of rotatable bonds is 4. The SMILES string of the molecule is C[C@H]1C[C@@](F)(CO)[C@](NC(=S)NC(=O)c2ccccc2)(c2cc(F)cc(Br)c2)CO1. The molecule has 9 heteroatoms. The van der Waals surface area contributed by atoms with E-state index in [9.17, 15) is 14.3 Å². The van der Waals surface area contributed by atoms with Gasteiger partial charge in [-0.25, -0.2) is 8.78 Å². The first-order valence-corrected chi connectivity index (χ1v) is 10.5. The van der Waals surface area contributed by atoms with Crippen LogP contribution in [0.15, 0.2) is 53.0 Å². The average Bonchev–Trinajstić information content (AvgIpc) is 2.70. The van der Waals surface area contributed by atoms with Crippen LogP contribution >= 0.6 is 28.1 Å². The molecule has 0 radical (unpaired) electrons. The lowest BCUT2D eigenvalue weighted by Crippen LogP contribution is -2.68. The van der Waals surface area contributed by atoms with Crippen molar-refractivity contribution >= 4 is 39.2 Å². The van der Waals surface area contributed by atoms with Gasteiger partial charge in [0, 0.05) is 16.5 Å². The molecule has 0 aliphatic carbocycles. The summed E-state index contributed by atoms with van der Waals surface area (Å²) in [6, 6.07) is 12.3. The molecule has 3 N–H and O–H groups in total. The van der Waals surface area contributed by atoms with Crippen molar-refractivity contribution in [3.05, 3.63) is 69.9 Å². The third-order valence-electron chi connectivity index (χ3n) is 5.16. The summed E-state index contributed by atoms with van der Waals surface area (Å²) in [6.07, 6.45) is -0.624. The van der Waals surface area contributed by atoms with E-state index < -0.39 is 35.6 Å². The summed E-state index contributed by atoms with van der Waals surface area (Å²) >= 11 is 8.49. The number of aliphatic hydroxyl groups excluding tert-OH is 1. The second kappa shape index (κ2) is 9.05. The summed E-state index contributed by atoms with van der Waals surface area (Å²) in [6.45, 7) is 0.602. The molecule has 1 fully saturated rings. The highest BCUT2D eigenvalue weighted by Crippen LogP contribution is 2.44. The van der Waals surface area contributed by atoms with E-state index in [1.165, 1.54) is 12.1 Å². The summed E-state index contributed by atoms with van der Waals surface area (Å²) in [4.78, 5) is 12.4. The number of hydrogen-bond donors (Lipinski definition) is 3. The van der Waals surface area contributed by atoms with Gasteiger partial charge in [0.25, 0.3) is 5.91 Å². The zero-order valence-corrected chi connectivity index (χ0v) is 18.5. The molecule has 2 aromatic rings. The normalized spacial score (nSPS) is 26.1. The van der Waals surface area contributed by atoms with Crippen molar-refractivity contribution in [1.82, 2.24) is 10.6 Å². The van der Waals surface area contributed by atoms with E-state index in [0.717, 1.165) is 6.07 Å². The lowest BCUT2D eigenvalue weighted by molar-refractivity contribution is -0.142. The van der Waals surface area contributed by atoms with Gasteiger partial charge in [0.15, 0.2) is 10.8 Å². The molecule has 0 aromatic heterocycles. The van der Waals surface area contributed by atoms with Gasteiger partial charge < -0.3 is 15.2 Å². The van der Waals surface area contributed by atoms with Crippen LogP contribution in [-0.4, -0.2) is 41.1 Å². The second-order valence-corrected chi connectivity index (χ2v) is 8.61. The van der Waals surface area contributed by atoms with Crippen LogP contribution in [0.4, 0.5) is 8.78 Å². The molecule has 1 aliphatic rings. The van der Waals surface area contributed by atoms with Crippen molar-refractivity contribution in [3.63, 3.8) is 0 Å². The highest BCUT2D eigenvalue weighted by molar-refractivity contribution is 9.10. The largest absolute Gasteiger partial charge is 0.393 e. The van der Waals surface area contributed by atoms with Gasteiger partial charge in [-0.2, -0.15) is 0 Å². The molecule has 3 atom stereocenters. The van der Waals surface area contributed by atoms with Crippen molar-refractivity contribution in [3.8, 4) is 0 Å². The molecule has 1 heterocycles. The molecular formula is C21H21BrF2N2O3S. The molecule has 0 unspecified atom stereocenters. The Kier molecular flexibility index (Phi) is 6.86. The number of carbonyl (C=O) groups excluding carboxylic acids is 1. The molecule has 0 bridgehead atoms. The quantitative estimate of drug-likeness (QED) is 0.561.